The van der Waals surface area contributed by atoms with Gasteiger partial charge in [-0.05, 0) is 25.2 Å². The monoisotopic (exact) mass is 292 g/mol. The molecule has 0 amide bonds. The molecule has 1 aliphatic heterocycles. The van der Waals surface area contributed by atoms with Gasteiger partial charge in [-0.25, -0.2) is 0 Å². The van der Waals surface area contributed by atoms with Crippen molar-refractivity contribution in [3.8, 4) is 0 Å². The first-order valence-electron chi connectivity index (χ1n) is 8.58. The summed E-state index contributed by atoms with van der Waals surface area (Å²) in [5.74, 6) is 2.96. The van der Waals surface area contributed by atoms with Crippen LogP contribution in [0.3, 0.4) is 0 Å². The largest absolute Gasteiger partial charge is 0.339 e. The summed E-state index contributed by atoms with van der Waals surface area (Å²) in [6.07, 6.45) is 6.05. The zero-order chi connectivity index (χ0) is 14.7. The van der Waals surface area contributed by atoms with Crippen LogP contribution in [0.15, 0.2) is 4.52 Å². The Balaban J connectivity index is 1.74. The lowest BCUT2D eigenvalue weighted by Gasteiger charge is -2.33. The highest BCUT2D eigenvalue weighted by Gasteiger charge is 2.32. The van der Waals surface area contributed by atoms with Crippen LogP contribution in [-0.2, 0) is 0 Å². The van der Waals surface area contributed by atoms with Gasteiger partial charge < -0.3 is 9.84 Å². The van der Waals surface area contributed by atoms with E-state index in [1.807, 2.05) is 0 Å². The first-order chi connectivity index (χ1) is 10.3. The fourth-order valence-electron chi connectivity index (χ4n) is 3.79. The van der Waals surface area contributed by atoms with Crippen LogP contribution in [0.25, 0.3) is 0 Å². The lowest BCUT2D eigenvalue weighted by atomic mass is 9.98. The van der Waals surface area contributed by atoms with Crippen LogP contribution in [0.1, 0.15) is 69.6 Å². The molecular formula is C16H28N4O. The Kier molecular flexibility index (Phi) is 4.91. The van der Waals surface area contributed by atoms with Crippen molar-refractivity contribution in [1.29, 1.82) is 0 Å². The number of nitrogens with one attached hydrogen (secondary N) is 1. The summed E-state index contributed by atoms with van der Waals surface area (Å²) < 4.78 is 5.63. The summed E-state index contributed by atoms with van der Waals surface area (Å²) in [4.78, 5) is 7.30. The van der Waals surface area contributed by atoms with Gasteiger partial charge in [-0.15, -0.1) is 0 Å². The Labute approximate surface area is 127 Å². The van der Waals surface area contributed by atoms with Gasteiger partial charge in [0, 0.05) is 32.1 Å². The SMILES string of the molecule is CCCC(c1noc(C2CCCC2C)n1)N1CCNCC1. The summed E-state index contributed by atoms with van der Waals surface area (Å²) in [6.45, 7) is 8.81. The number of hydrogen-bond acceptors (Lipinski definition) is 5. The molecule has 0 spiro atoms. The van der Waals surface area contributed by atoms with Crippen LogP contribution in [0, 0.1) is 5.92 Å². The minimum Gasteiger partial charge on any atom is -0.339 e. The highest BCUT2D eigenvalue weighted by molar-refractivity contribution is 5.02. The molecular weight excluding hydrogens is 264 g/mol. The minimum atomic E-state index is 0.325. The van der Waals surface area contributed by atoms with E-state index in [0.717, 1.165) is 50.7 Å². The minimum absolute atomic E-state index is 0.325. The van der Waals surface area contributed by atoms with Gasteiger partial charge in [-0.2, -0.15) is 4.98 Å². The Hall–Kier alpha value is -0.940. The third-order valence-electron chi connectivity index (χ3n) is 5.09. The van der Waals surface area contributed by atoms with Gasteiger partial charge in [-0.3, -0.25) is 4.90 Å². The summed E-state index contributed by atoms with van der Waals surface area (Å²) in [6, 6.07) is 0.325. The molecule has 3 unspecified atom stereocenters. The predicted octanol–water partition coefficient (Wildman–Crippen LogP) is 2.72. The second-order valence-corrected chi connectivity index (χ2v) is 6.60. The molecule has 1 aliphatic carbocycles. The Morgan fingerprint density at radius 1 is 1.33 bits per heavy atom. The first kappa shape index (κ1) is 15.0. The first-order valence-corrected chi connectivity index (χ1v) is 8.58. The molecule has 1 aromatic heterocycles. The van der Waals surface area contributed by atoms with E-state index in [4.69, 9.17) is 9.51 Å². The summed E-state index contributed by atoms with van der Waals surface area (Å²) >= 11 is 0. The number of aromatic nitrogens is 2. The van der Waals surface area contributed by atoms with Crippen LogP contribution >= 0.6 is 0 Å². The molecule has 0 radical (unpaired) electrons. The lowest BCUT2D eigenvalue weighted by Crippen LogP contribution is -2.45. The summed E-state index contributed by atoms with van der Waals surface area (Å²) in [7, 11) is 0. The fraction of sp³-hybridized carbons (Fsp3) is 0.875. The number of rotatable bonds is 5. The molecule has 2 aliphatic rings. The van der Waals surface area contributed by atoms with Gasteiger partial charge >= 0.3 is 0 Å². The average Bonchev–Trinajstić information content (AvgIpc) is 3.14. The molecule has 5 heteroatoms. The molecule has 1 saturated heterocycles. The topological polar surface area (TPSA) is 54.2 Å². The average molecular weight is 292 g/mol. The Bertz CT molecular complexity index is 441. The maximum atomic E-state index is 5.63. The molecule has 1 saturated carbocycles. The molecule has 1 N–H and O–H groups in total. The molecule has 0 aromatic carbocycles. The van der Waals surface area contributed by atoms with Crippen molar-refractivity contribution in [2.24, 2.45) is 5.92 Å². The van der Waals surface area contributed by atoms with Crippen molar-refractivity contribution < 1.29 is 4.52 Å². The van der Waals surface area contributed by atoms with E-state index >= 15 is 0 Å². The van der Waals surface area contributed by atoms with Crippen molar-refractivity contribution >= 4 is 0 Å². The molecule has 5 nitrogen and oxygen atoms in total. The second kappa shape index (κ2) is 6.88. The fourth-order valence-corrected chi connectivity index (χ4v) is 3.79. The maximum absolute atomic E-state index is 5.63. The molecule has 2 heterocycles. The van der Waals surface area contributed by atoms with E-state index in [0.29, 0.717) is 17.9 Å². The van der Waals surface area contributed by atoms with E-state index < -0.39 is 0 Å². The third-order valence-corrected chi connectivity index (χ3v) is 5.09. The quantitative estimate of drug-likeness (QED) is 0.904. The van der Waals surface area contributed by atoms with E-state index in [-0.39, 0.29) is 0 Å². The van der Waals surface area contributed by atoms with Crippen LogP contribution < -0.4 is 5.32 Å². The summed E-state index contributed by atoms with van der Waals surface area (Å²) in [5, 5.41) is 7.75. The Morgan fingerprint density at radius 2 is 2.14 bits per heavy atom. The molecule has 3 atom stereocenters. The van der Waals surface area contributed by atoms with Crippen molar-refractivity contribution in [2.45, 2.75) is 57.9 Å². The highest BCUT2D eigenvalue weighted by atomic mass is 16.5. The normalized spacial score (nSPS) is 28.9. The standard InChI is InChI=1S/C16H28N4O/c1-3-5-14(20-10-8-17-9-11-20)15-18-16(21-19-15)13-7-4-6-12(13)2/h12-14,17H,3-11H2,1-2H3. The zero-order valence-corrected chi connectivity index (χ0v) is 13.3. The van der Waals surface area contributed by atoms with Crippen LogP contribution in [-0.4, -0.2) is 41.2 Å². The van der Waals surface area contributed by atoms with Gasteiger partial charge in [0.2, 0.25) is 5.89 Å². The predicted molar refractivity (Wildman–Crippen MR) is 82.1 cm³/mol. The molecule has 21 heavy (non-hydrogen) atoms. The highest BCUT2D eigenvalue weighted by Crippen LogP contribution is 2.39. The second-order valence-electron chi connectivity index (χ2n) is 6.60. The zero-order valence-electron chi connectivity index (χ0n) is 13.3. The molecule has 1 aromatic rings. The van der Waals surface area contributed by atoms with Crippen LogP contribution in [0.2, 0.25) is 0 Å². The Morgan fingerprint density at radius 3 is 2.81 bits per heavy atom. The van der Waals surface area contributed by atoms with Gasteiger partial charge in [0.05, 0.1) is 6.04 Å². The van der Waals surface area contributed by atoms with E-state index in [9.17, 15) is 0 Å². The van der Waals surface area contributed by atoms with E-state index in [2.05, 4.69) is 29.2 Å². The number of hydrogen-bond donors (Lipinski definition) is 1. The van der Waals surface area contributed by atoms with Gasteiger partial charge in [-0.1, -0.05) is 31.8 Å². The van der Waals surface area contributed by atoms with Crippen molar-refractivity contribution in [3.63, 3.8) is 0 Å². The maximum Gasteiger partial charge on any atom is 0.230 e. The molecule has 3 rings (SSSR count). The van der Waals surface area contributed by atoms with Crippen molar-refractivity contribution in [1.82, 2.24) is 20.4 Å². The third kappa shape index (κ3) is 3.29. The molecule has 0 bridgehead atoms. The van der Waals surface area contributed by atoms with Crippen LogP contribution in [0.5, 0.6) is 0 Å². The van der Waals surface area contributed by atoms with Gasteiger partial charge in [0.1, 0.15) is 0 Å². The van der Waals surface area contributed by atoms with E-state index in [1.165, 1.54) is 19.3 Å². The van der Waals surface area contributed by atoms with Crippen molar-refractivity contribution in [2.75, 3.05) is 26.2 Å². The molecule has 2 fully saturated rings. The summed E-state index contributed by atoms with van der Waals surface area (Å²) in [5.41, 5.74) is 0. The van der Waals surface area contributed by atoms with Gasteiger partial charge in [0.25, 0.3) is 0 Å². The molecule has 118 valence electrons. The number of piperazine rings is 1. The van der Waals surface area contributed by atoms with Crippen LogP contribution in [0.4, 0.5) is 0 Å². The van der Waals surface area contributed by atoms with Gasteiger partial charge in [0.15, 0.2) is 5.82 Å². The number of nitrogens with zero attached hydrogens (tertiary/aromatic N) is 3. The van der Waals surface area contributed by atoms with E-state index in [1.54, 1.807) is 0 Å². The van der Waals surface area contributed by atoms with Crippen molar-refractivity contribution in [3.05, 3.63) is 11.7 Å². The lowest BCUT2D eigenvalue weighted by molar-refractivity contribution is 0.155. The smallest absolute Gasteiger partial charge is 0.230 e.